The Morgan fingerprint density at radius 3 is 2.72 bits per heavy atom. The summed E-state index contributed by atoms with van der Waals surface area (Å²) in [6.45, 7) is 6.17. The number of Topliss-reactive ketones (excluding diaryl/α,β-unsaturated/α-hetero) is 1. The fourth-order valence-electron chi connectivity index (χ4n) is 8.42. The van der Waals surface area contributed by atoms with Gasteiger partial charge in [-0.25, -0.2) is 4.39 Å². The summed E-state index contributed by atoms with van der Waals surface area (Å²) in [6, 6.07) is 0. The smallest absolute Gasteiger partial charge is 0.190 e. The lowest BCUT2D eigenvalue weighted by atomic mass is 9.41. The topological polar surface area (TPSA) is 58.9 Å². The van der Waals surface area contributed by atoms with E-state index < -0.39 is 23.3 Å². The molecule has 0 unspecified atom stereocenters. The number of allylic oxidation sites excluding steroid dienone is 4. The number of aliphatic imine (C=N–C) groups is 1. The van der Waals surface area contributed by atoms with Crippen molar-refractivity contribution < 1.29 is 19.0 Å². The minimum Gasteiger partial charge on any atom is -0.388 e. The predicted octanol–water partition coefficient (Wildman–Crippen LogP) is 3.69. The zero-order valence-electron chi connectivity index (χ0n) is 17.9. The second-order valence-corrected chi connectivity index (χ2v) is 10.4. The molecule has 158 valence electrons. The summed E-state index contributed by atoms with van der Waals surface area (Å²) in [5.74, 6) is -0.363. The molecule has 0 aromatic rings. The average Bonchev–Trinajstić information content (AvgIpc) is 2.85. The van der Waals surface area contributed by atoms with Gasteiger partial charge in [-0.3, -0.25) is 9.79 Å². The van der Waals surface area contributed by atoms with Crippen LogP contribution in [0.3, 0.4) is 0 Å². The molecule has 5 heteroatoms. The standard InChI is InChI=1S/C24H32FNO3/c1-14-9-19-18-6-5-16-10-17(26-4)7-8-21(16,3)23(18,25)15(2)11-22(19)13-29-24(14,22)20(28)12-27/h7-8,10,14-15,18-19,27H,5-6,9,11-13H2,1-4H3/b26-17+/t14-,15+,18+,19+,21+,22-,23-,24+/m1/s1. The van der Waals surface area contributed by atoms with Crippen molar-refractivity contribution in [1.82, 2.24) is 0 Å². The SMILES string of the molecule is C/N=C1\C=C[C@@]2(C)C(=C1)CC[C@H]1[C@@H]3C[C@@H](C)[C@@]4(C(=O)CO)OC[C@]34C[C@H](C)[C@@]12F. The number of ether oxygens (including phenoxy) is 1. The summed E-state index contributed by atoms with van der Waals surface area (Å²) in [5, 5.41) is 9.68. The van der Waals surface area contributed by atoms with Crippen molar-refractivity contribution in [3.05, 3.63) is 23.8 Å². The van der Waals surface area contributed by atoms with Crippen LogP contribution in [0.4, 0.5) is 4.39 Å². The van der Waals surface area contributed by atoms with Gasteiger partial charge in [0.15, 0.2) is 5.78 Å². The van der Waals surface area contributed by atoms with E-state index in [0.717, 1.165) is 30.5 Å². The minimum atomic E-state index is -1.35. The number of carbonyl (C=O) groups is 1. The quantitative estimate of drug-likeness (QED) is 0.768. The Kier molecular flexibility index (Phi) is 3.98. The second kappa shape index (κ2) is 5.88. The maximum atomic E-state index is 17.3. The summed E-state index contributed by atoms with van der Waals surface area (Å²) in [6.07, 6.45) is 9.21. The zero-order chi connectivity index (χ0) is 20.8. The monoisotopic (exact) mass is 401 g/mol. The Hall–Kier alpha value is -1.33. The van der Waals surface area contributed by atoms with Crippen LogP contribution in [0.25, 0.3) is 0 Å². The van der Waals surface area contributed by atoms with Crippen molar-refractivity contribution in [3.63, 3.8) is 0 Å². The number of ketones is 1. The van der Waals surface area contributed by atoms with Crippen molar-refractivity contribution in [2.45, 2.75) is 57.7 Å². The lowest BCUT2D eigenvalue weighted by molar-refractivity contribution is -0.301. The molecular weight excluding hydrogens is 369 g/mol. The number of alkyl halides is 1. The van der Waals surface area contributed by atoms with Crippen molar-refractivity contribution in [2.75, 3.05) is 20.3 Å². The van der Waals surface area contributed by atoms with E-state index in [9.17, 15) is 9.90 Å². The number of aliphatic hydroxyl groups is 1. The first-order valence-corrected chi connectivity index (χ1v) is 11.1. The summed E-state index contributed by atoms with van der Waals surface area (Å²) in [5.41, 5.74) is -1.16. The molecule has 8 atom stereocenters. The number of hydrogen-bond acceptors (Lipinski definition) is 4. The van der Waals surface area contributed by atoms with Crippen LogP contribution in [0.5, 0.6) is 0 Å². The third-order valence-corrected chi connectivity index (χ3v) is 9.63. The molecule has 5 aliphatic rings. The fraction of sp³-hybridized carbons (Fsp3) is 0.750. The van der Waals surface area contributed by atoms with E-state index in [-0.39, 0.29) is 34.9 Å². The molecule has 4 nitrogen and oxygen atoms in total. The Bertz CT molecular complexity index is 864. The number of fused-ring (bicyclic) bond motifs is 4. The first kappa shape index (κ1) is 19.6. The van der Waals surface area contributed by atoms with Crippen molar-refractivity contribution >= 4 is 11.5 Å². The van der Waals surface area contributed by atoms with Gasteiger partial charge in [0, 0.05) is 17.9 Å². The largest absolute Gasteiger partial charge is 0.388 e. The lowest BCUT2D eigenvalue weighted by Crippen LogP contribution is -2.74. The highest BCUT2D eigenvalue weighted by atomic mass is 19.1. The summed E-state index contributed by atoms with van der Waals surface area (Å²) >= 11 is 0. The number of rotatable bonds is 2. The average molecular weight is 402 g/mol. The maximum Gasteiger partial charge on any atom is 0.190 e. The number of carbonyl (C=O) groups excluding carboxylic acids is 1. The molecule has 0 radical (unpaired) electrons. The van der Waals surface area contributed by atoms with E-state index in [1.165, 1.54) is 0 Å². The van der Waals surface area contributed by atoms with Crippen molar-refractivity contribution in [1.29, 1.82) is 0 Å². The zero-order valence-corrected chi connectivity index (χ0v) is 17.9. The molecule has 1 aliphatic heterocycles. The van der Waals surface area contributed by atoms with E-state index in [1.54, 1.807) is 7.05 Å². The number of hydrogen-bond donors (Lipinski definition) is 1. The van der Waals surface area contributed by atoms with Crippen LogP contribution in [-0.2, 0) is 9.53 Å². The third kappa shape index (κ3) is 1.93. The van der Waals surface area contributed by atoms with Crippen LogP contribution < -0.4 is 0 Å². The van der Waals surface area contributed by atoms with Gasteiger partial charge in [0.05, 0.1) is 12.3 Å². The molecule has 4 fully saturated rings. The van der Waals surface area contributed by atoms with Crippen LogP contribution >= 0.6 is 0 Å². The van der Waals surface area contributed by atoms with Gasteiger partial charge in [-0.05, 0) is 68.4 Å². The second-order valence-electron chi connectivity index (χ2n) is 10.4. The van der Waals surface area contributed by atoms with Crippen LogP contribution in [0, 0.1) is 34.5 Å². The number of nitrogens with zero attached hydrogens (tertiary/aromatic N) is 1. The van der Waals surface area contributed by atoms with Crippen molar-refractivity contribution in [3.8, 4) is 0 Å². The fourth-order valence-corrected chi connectivity index (χ4v) is 8.42. The number of halogens is 1. The van der Waals surface area contributed by atoms with E-state index >= 15 is 4.39 Å². The normalized spacial score (nSPS) is 54.0. The van der Waals surface area contributed by atoms with Gasteiger partial charge in [0.25, 0.3) is 0 Å². The molecule has 0 amide bonds. The molecule has 29 heavy (non-hydrogen) atoms. The highest BCUT2D eigenvalue weighted by molar-refractivity contribution is 6.05. The lowest BCUT2D eigenvalue weighted by Gasteiger charge is -2.67. The van der Waals surface area contributed by atoms with Crippen LogP contribution in [-0.4, -0.2) is 48.1 Å². The molecule has 0 aromatic carbocycles. The molecule has 3 saturated carbocycles. The van der Waals surface area contributed by atoms with E-state index in [0.29, 0.717) is 13.0 Å². The van der Waals surface area contributed by atoms with Gasteiger partial charge >= 0.3 is 0 Å². The molecule has 1 spiro atoms. The van der Waals surface area contributed by atoms with E-state index in [1.807, 2.05) is 19.1 Å². The van der Waals surface area contributed by atoms with Gasteiger partial charge in [-0.1, -0.05) is 25.5 Å². The van der Waals surface area contributed by atoms with Crippen LogP contribution in [0.2, 0.25) is 0 Å². The van der Waals surface area contributed by atoms with Gasteiger partial charge in [-0.15, -0.1) is 0 Å². The minimum absolute atomic E-state index is 0.0147. The van der Waals surface area contributed by atoms with E-state index in [4.69, 9.17) is 4.74 Å². The molecule has 4 aliphatic carbocycles. The van der Waals surface area contributed by atoms with E-state index in [2.05, 4.69) is 24.9 Å². The Morgan fingerprint density at radius 2 is 2.10 bits per heavy atom. The summed E-state index contributed by atoms with van der Waals surface area (Å²) in [4.78, 5) is 17.2. The van der Waals surface area contributed by atoms with Crippen LogP contribution in [0.1, 0.15) is 46.5 Å². The Labute approximate surface area is 172 Å². The maximum absolute atomic E-state index is 17.3. The Morgan fingerprint density at radius 1 is 1.34 bits per heavy atom. The van der Waals surface area contributed by atoms with Gasteiger partial charge in [-0.2, -0.15) is 0 Å². The van der Waals surface area contributed by atoms with Crippen LogP contribution in [0.15, 0.2) is 28.8 Å². The molecule has 1 saturated heterocycles. The molecule has 5 rings (SSSR count). The van der Waals surface area contributed by atoms with Crippen molar-refractivity contribution in [2.24, 2.45) is 39.5 Å². The molecular formula is C24H32FNO3. The first-order chi connectivity index (χ1) is 13.7. The molecule has 0 bridgehead atoms. The molecule has 1 heterocycles. The Balaban J connectivity index is 1.61. The van der Waals surface area contributed by atoms with Gasteiger partial charge in [0.2, 0.25) is 0 Å². The number of aliphatic hydroxyl groups excluding tert-OH is 1. The third-order valence-electron chi connectivity index (χ3n) is 9.63. The van der Waals surface area contributed by atoms with Gasteiger partial charge < -0.3 is 9.84 Å². The molecule has 1 N–H and O–H groups in total. The summed E-state index contributed by atoms with van der Waals surface area (Å²) < 4.78 is 23.4. The predicted molar refractivity (Wildman–Crippen MR) is 110 cm³/mol. The first-order valence-electron chi connectivity index (χ1n) is 11.1. The highest BCUT2D eigenvalue weighted by Gasteiger charge is 2.80. The summed E-state index contributed by atoms with van der Waals surface area (Å²) in [7, 11) is 1.78. The molecule has 0 aromatic heterocycles. The highest BCUT2D eigenvalue weighted by Crippen LogP contribution is 2.75. The van der Waals surface area contributed by atoms with Gasteiger partial charge in [0.1, 0.15) is 17.9 Å².